The van der Waals surface area contributed by atoms with Gasteiger partial charge in [-0.25, -0.2) is 14.7 Å². The second-order valence-electron chi connectivity index (χ2n) is 6.45. The van der Waals surface area contributed by atoms with Gasteiger partial charge in [0, 0.05) is 18.2 Å². The highest BCUT2D eigenvalue weighted by atomic mass is 16.5. The van der Waals surface area contributed by atoms with E-state index in [-0.39, 0.29) is 0 Å². The Balaban J connectivity index is 1.35. The fourth-order valence-electron chi connectivity index (χ4n) is 2.86. The van der Waals surface area contributed by atoms with E-state index >= 15 is 0 Å². The number of nitrogens with two attached hydrogens (primary N) is 1. The van der Waals surface area contributed by atoms with Crippen molar-refractivity contribution in [1.29, 1.82) is 0 Å². The van der Waals surface area contributed by atoms with E-state index in [1.807, 2.05) is 30.3 Å². The minimum atomic E-state index is 0.348. The number of nitrogens with zero attached hydrogens (tertiary/aromatic N) is 4. The zero-order chi connectivity index (χ0) is 19.2. The maximum Gasteiger partial charge on any atom is 0.193 e. The van der Waals surface area contributed by atoms with Crippen LogP contribution in [0.2, 0.25) is 0 Å². The summed E-state index contributed by atoms with van der Waals surface area (Å²) >= 11 is 0. The standard InChI is InChI=1S/C20H22N6O2/c21-20(25-17-6-7-18-19(10-17)28-9-1-8-27-18)23-11-15-2-4-16(5-3-15)12-26-14-22-13-24-26/h2-7,10,13-14H,1,8-9,11-12H2,(H3,21,23,25). The minimum Gasteiger partial charge on any atom is -0.490 e. The second kappa shape index (κ2) is 8.43. The predicted octanol–water partition coefficient (Wildman–Crippen LogP) is 2.41. The summed E-state index contributed by atoms with van der Waals surface area (Å²) in [6.45, 7) is 2.50. The molecule has 28 heavy (non-hydrogen) atoms. The number of ether oxygens (including phenoxy) is 2. The van der Waals surface area contributed by atoms with Crippen LogP contribution in [0.4, 0.5) is 5.69 Å². The summed E-state index contributed by atoms with van der Waals surface area (Å²) in [5, 5.41) is 7.20. The topological polar surface area (TPSA) is 99.6 Å². The number of rotatable bonds is 5. The molecule has 0 radical (unpaired) electrons. The summed E-state index contributed by atoms with van der Waals surface area (Å²) in [6, 6.07) is 13.8. The maximum absolute atomic E-state index is 6.03. The molecular weight excluding hydrogens is 356 g/mol. The van der Waals surface area contributed by atoms with Crippen LogP contribution in [0.15, 0.2) is 60.1 Å². The molecule has 0 fully saturated rings. The number of aliphatic imine (C=N–C) groups is 1. The molecule has 0 saturated carbocycles. The number of hydrogen-bond acceptors (Lipinski definition) is 5. The van der Waals surface area contributed by atoms with E-state index in [0.29, 0.717) is 32.3 Å². The van der Waals surface area contributed by atoms with Crippen molar-refractivity contribution in [1.82, 2.24) is 14.8 Å². The number of benzene rings is 2. The Morgan fingerprint density at radius 2 is 1.86 bits per heavy atom. The highest BCUT2D eigenvalue weighted by Gasteiger charge is 2.10. The number of nitrogens with one attached hydrogen (secondary N) is 1. The fourth-order valence-corrected chi connectivity index (χ4v) is 2.86. The molecule has 2 aromatic carbocycles. The van der Waals surface area contributed by atoms with Crippen molar-refractivity contribution in [2.24, 2.45) is 10.7 Å². The van der Waals surface area contributed by atoms with Gasteiger partial charge in [0.15, 0.2) is 17.5 Å². The molecule has 1 aliphatic rings. The van der Waals surface area contributed by atoms with Crippen LogP contribution in [-0.4, -0.2) is 33.9 Å². The summed E-state index contributed by atoms with van der Waals surface area (Å²) in [4.78, 5) is 8.36. The third kappa shape index (κ3) is 4.59. The fraction of sp³-hybridized carbons (Fsp3) is 0.250. The Bertz CT molecular complexity index is 938. The Morgan fingerprint density at radius 3 is 2.64 bits per heavy atom. The molecular formula is C20H22N6O2. The van der Waals surface area contributed by atoms with Crippen LogP contribution in [0.25, 0.3) is 0 Å². The van der Waals surface area contributed by atoms with Crippen LogP contribution in [0, 0.1) is 0 Å². The first-order valence-electron chi connectivity index (χ1n) is 9.13. The largest absolute Gasteiger partial charge is 0.490 e. The number of hydrogen-bond donors (Lipinski definition) is 2. The molecule has 0 amide bonds. The molecule has 0 saturated heterocycles. The Hall–Kier alpha value is -3.55. The summed E-state index contributed by atoms with van der Waals surface area (Å²) < 4.78 is 13.1. The van der Waals surface area contributed by atoms with Gasteiger partial charge in [0.1, 0.15) is 12.7 Å². The van der Waals surface area contributed by atoms with E-state index in [9.17, 15) is 0 Å². The summed E-state index contributed by atoms with van der Waals surface area (Å²) in [5.74, 6) is 1.82. The van der Waals surface area contributed by atoms with Crippen LogP contribution >= 0.6 is 0 Å². The van der Waals surface area contributed by atoms with Crippen molar-refractivity contribution >= 4 is 11.6 Å². The normalized spacial score (nSPS) is 13.8. The summed E-state index contributed by atoms with van der Waals surface area (Å²) in [6.07, 6.45) is 4.10. The quantitative estimate of drug-likeness (QED) is 0.522. The van der Waals surface area contributed by atoms with E-state index in [0.717, 1.165) is 34.7 Å². The number of aromatic nitrogens is 3. The third-order valence-corrected chi connectivity index (χ3v) is 4.29. The predicted molar refractivity (Wildman–Crippen MR) is 107 cm³/mol. The van der Waals surface area contributed by atoms with E-state index in [1.165, 1.54) is 6.33 Å². The summed E-state index contributed by atoms with van der Waals surface area (Å²) in [7, 11) is 0. The van der Waals surface area contributed by atoms with Gasteiger partial charge in [0.25, 0.3) is 0 Å². The zero-order valence-electron chi connectivity index (χ0n) is 15.4. The van der Waals surface area contributed by atoms with E-state index in [2.05, 4.69) is 32.5 Å². The molecule has 0 unspecified atom stereocenters. The highest BCUT2D eigenvalue weighted by Crippen LogP contribution is 2.32. The van der Waals surface area contributed by atoms with Gasteiger partial charge in [-0.15, -0.1) is 0 Å². The van der Waals surface area contributed by atoms with Gasteiger partial charge in [-0.05, 0) is 23.3 Å². The molecule has 0 bridgehead atoms. The van der Waals surface area contributed by atoms with E-state index < -0.39 is 0 Å². The Kier molecular flexibility index (Phi) is 5.37. The lowest BCUT2D eigenvalue weighted by atomic mass is 10.1. The van der Waals surface area contributed by atoms with Crippen LogP contribution in [0.3, 0.4) is 0 Å². The van der Waals surface area contributed by atoms with Crippen molar-refractivity contribution < 1.29 is 9.47 Å². The van der Waals surface area contributed by atoms with Crippen molar-refractivity contribution in [3.8, 4) is 11.5 Å². The van der Waals surface area contributed by atoms with Gasteiger partial charge in [-0.1, -0.05) is 24.3 Å². The third-order valence-electron chi connectivity index (χ3n) is 4.29. The molecule has 8 nitrogen and oxygen atoms in total. The molecule has 3 N–H and O–H groups in total. The first kappa shape index (κ1) is 17.8. The van der Waals surface area contributed by atoms with Crippen molar-refractivity contribution in [3.63, 3.8) is 0 Å². The SMILES string of the molecule is NC(=NCc1ccc(Cn2cncn2)cc1)Nc1ccc2c(c1)OCCCO2. The Morgan fingerprint density at radius 1 is 1.07 bits per heavy atom. The van der Waals surface area contributed by atoms with Crippen molar-refractivity contribution in [2.75, 3.05) is 18.5 Å². The lowest BCUT2D eigenvalue weighted by Crippen LogP contribution is -2.22. The van der Waals surface area contributed by atoms with Gasteiger partial charge >= 0.3 is 0 Å². The number of fused-ring (bicyclic) bond motifs is 1. The molecule has 0 spiro atoms. The molecule has 2 heterocycles. The first-order chi connectivity index (χ1) is 13.8. The second-order valence-corrected chi connectivity index (χ2v) is 6.45. The van der Waals surface area contributed by atoms with Gasteiger partial charge < -0.3 is 20.5 Å². The van der Waals surface area contributed by atoms with Gasteiger partial charge in [-0.3, -0.25) is 0 Å². The smallest absolute Gasteiger partial charge is 0.193 e. The van der Waals surface area contributed by atoms with E-state index in [1.54, 1.807) is 11.0 Å². The zero-order valence-corrected chi connectivity index (χ0v) is 15.4. The number of anilines is 1. The molecule has 8 heteroatoms. The van der Waals surface area contributed by atoms with Crippen LogP contribution in [0.1, 0.15) is 17.5 Å². The van der Waals surface area contributed by atoms with Crippen LogP contribution < -0.4 is 20.5 Å². The van der Waals surface area contributed by atoms with Gasteiger partial charge in [0.05, 0.1) is 26.3 Å². The average molecular weight is 378 g/mol. The number of guanidine groups is 1. The minimum absolute atomic E-state index is 0.348. The maximum atomic E-state index is 6.03. The average Bonchev–Trinajstić information content (AvgIpc) is 3.10. The molecule has 0 atom stereocenters. The lowest BCUT2D eigenvalue weighted by molar-refractivity contribution is 0.297. The lowest BCUT2D eigenvalue weighted by Gasteiger charge is -2.11. The van der Waals surface area contributed by atoms with E-state index in [4.69, 9.17) is 15.2 Å². The van der Waals surface area contributed by atoms with Crippen molar-refractivity contribution in [2.45, 2.75) is 19.5 Å². The molecule has 1 aromatic heterocycles. The molecule has 0 aliphatic carbocycles. The highest BCUT2D eigenvalue weighted by molar-refractivity contribution is 5.92. The molecule has 1 aliphatic heterocycles. The van der Waals surface area contributed by atoms with Gasteiger partial charge in [-0.2, -0.15) is 5.10 Å². The monoisotopic (exact) mass is 378 g/mol. The van der Waals surface area contributed by atoms with Gasteiger partial charge in [0.2, 0.25) is 0 Å². The molecule has 4 rings (SSSR count). The summed E-state index contributed by atoms with van der Waals surface area (Å²) in [5.41, 5.74) is 9.07. The van der Waals surface area contributed by atoms with Crippen molar-refractivity contribution in [3.05, 3.63) is 66.2 Å². The van der Waals surface area contributed by atoms with Crippen LogP contribution in [0.5, 0.6) is 11.5 Å². The molecule has 144 valence electrons. The van der Waals surface area contributed by atoms with Crippen LogP contribution in [-0.2, 0) is 13.1 Å². The first-order valence-corrected chi connectivity index (χ1v) is 9.13. The Labute approximate surface area is 163 Å². The molecule has 3 aromatic rings.